The standard InChI is InChI=1S/C17H21ClO3S/c1-12(2)21-14-9-15(22-11-14)5-3-4-8-20-13-6-7-17(19)16(18)10-13/h6-7,9-12,19H,3-5,8H2,1-2H3. The van der Waals surface area contributed by atoms with Crippen LogP contribution in [0.25, 0.3) is 0 Å². The van der Waals surface area contributed by atoms with Crippen LogP contribution >= 0.6 is 22.9 Å². The van der Waals surface area contributed by atoms with Gasteiger partial charge in [0, 0.05) is 16.3 Å². The van der Waals surface area contributed by atoms with Crippen molar-refractivity contribution < 1.29 is 14.6 Å². The van der Waals surface area contributed by atoms with Gasteiger partial charge in [0.15, 0.2) is 0 Å². The van der Waals surface area contributed by atoms with Crippen molar-refractivity contribution in [3.63, 3.8) is 0 Å². The summed E-state index contributed by atoms with van der Waals surface area (Å²) in [6.07, 6.45) is 3.28. The number of benzene rings is 1. The Balaban J connectivity index is 1.66. The molecule has 0 amide bonds. The van der Waals surface area contributed by atoms with E-state index in [-0.39, 0.29) is 11.9 Å². The molecule has 0 aliphatic carbocycles. The first-order chi connectivity index (χ1) is 10.5. The zero-order valence-corrected chi connectivity index (χ0v) is 14.4. The van der Waals surface area contributed by atoms with Gasteiger partial charge in [-0.1, -0.05) is 11.6 Å². The third kappa shape index (κ3) is 5.43. The molecule has 1 aromatic heterocycles. The van der Waals surface area contributed by atoms with E-state index in [1.165, 1.54) is 4.88 Å². The Labute approximate surface area is 140 Å². The second kappa shape index (κ2) is 8.30. The van der Waals surface area contributed by atoms with Crippen molar-refractivity contribution in [1.29, 1.82) is 0 Å². The van der Waals surface area contributed by atoms with Crippen LogP contribution in [0.3, 0.4) is 0 Å². The average molecular weight is 341 g/mol. The zero-order chi connectivity index (χ0) is 15.9. The fourth-order valence-electron chi connectivity index (χ4n) is 1.99. The van der Waals surface area contributed by atoms with E-state index in [0.29, 0.717) is 17.4 Å². The lowest BCUT2D eigenvalue weighted by atomic mass is 10.2. The minimum Gasteiger partial charge on any atom is -0.506 e. The molecule has 0 atom stereocenters. The van der Waals surface area contributed by atoms with Crippen LogP contribution in [0.5, 0.6) is 17.2 Å². The molecular formula is C17H21ClO3S. The van der Waals surface area contributed by atoms with Crippen molar-refractivity contribution in [2.75, 3.05) is 6.61 Å². The van der Waals surface area contributed by atoms with E-state index >= 15 is 0 Å². The van der Waals surface area contributed by atoms with Crippen molar-refractivity contribution in [3.8, 4) is 17.2 Å². The number of aromatic hydroxyl groups is 1. The SMILES string of the molecule is CC(C)Oc1csc(CCCCOc2ccc(O)c(Cl)c2)c1. The van der Waals surface area contributed by atoms with E-state index in [1.54, 1.807) is 29.5 Å². The summed E-state index contributed by atoms with van der Waals surface area (Å²) in [5.74, 6) is 1.72. The lowest BCUT2D eigenvalue weighted by molar-refractivity contribution is 0.243. The molecule has 5 heteroatoms. The minimum absolute atomic E-state index is 0.0751. The molecule has 0 spiro atoms. The quantitative estimate of drug-likeness (QED) is 0.663. The topological polar surface area (TPSA) is 38.7 Å². The molecule has 0 aliphatic heterocycles. The molecule has 1 heterocycles. The van der Waals surface area contributed by atoms with Crippen LogP contribution in [0.15, 0.2) is 29.6 Å². The molecule has 1 N–H and O–H groups in total. The molecular weight excluding hydrogens is 320 g/mol. The third-order valence-electron chi connectivity index (χ3n) is 3.01. The van der Waals surface area contributed by atoms with E-state index in [0.717, 1.165) is 25.0 Å². The number of ether oxygens (including phenoxy) is 2. The lowest BCUT2D eigenvalue weighted by Crippen LogP contribution is -2.04. The average Bonchev–Trinajstić information content (AvgIpc) is 2.89. The number of hydrogen-bond donors (Lipinski definition) is 1. The first kappa shape index (κ1) is 17.0. The van der Waals surface area contributed by atoms with Gasteiger partial charge in [-0.25, -0.2) is 0 Å². The monoisotopic (exact) mass is 340 g/mol. The lowest BCUT2D eigenvalue weighted by Gasteiger charge is -2.07. The largest absolute Gasteiger partial charge is 0.506 e. The molecule has 0 radical (unpaired) electrons. The van der Waals surface area contributed by atoms with Crippen molar-refractivity contribution in [3.05, 3.63) is 39.5 Å². The molecule has 0 fully saturated rings. The van der Waals surface area contributed by atoms with Gasteiger partial charge in [-0.2, -0.15) is 0 Å². The summed E-state index contributed by atoms with van der Waals surface area (Å²) < 4.78 is 11.3. The van der Waals surface area contributed by atoms with Crippen LogP contribution in [0.4, 0.5) is 0 Å². The smallest absolute Gasteiger partial charge is 0.134 e. The molecule has 0 unspecified atom stereocenters. The molecule has 0 saturated heterocycles. The van der Waals surface area contributed by atoms with Gasteiger partial charge >= 0.3 is 0 Å². The first-order valence-corrected chi connectivity index (χ1v) is 8.65. The van der Waals surface area contributed by atoms with E-state index in [4.69, 9.17) is 21.1 Å². The highest BCUT2D eigenvalue weighted by Crippen LogP contribution is 2.27. The second-order valence-electron chi connectivity index (χ2n) is 5.33. The molecule has 2 rings (SSSR count). The van der Waals surface area contributed by atoms with Crippen LogP contribution in [0, 0.1) is 0 Å². The maximum absolute atomic E-state index is 9.34. The fraction of sp³-hybridized carbons (Fsp3) is 0.412. The Hall–Kier alpha value is -1.39. The van der Waals surface area contributed by atoms with Crippen LogP contribution in [-0.4, -0.2) is 17.8 Å². The predicted molar refractivity (Wildman–Crippen MR) is 91.6 cm³/mol. The number of phenolic OH excluding ortho intramolecular Hbond substituents is 1. The summed E-state index contributed by atoms with van der Waals surface area (Å²) in [7, 11) is 0. The predicted octanol–water partition coefficient (Wildman–Crippen LogP) is 5.30. The molecule has 2 aromatic rings. The first-order valence-electron chi connectivity index (χ1n) is 7.40. The minimum atomic E-state index is 0.0751. The summed E-state index contributed by atoms with van der Waals surface area (Å²) in [5.41, 5.74) is 0. The van der Waals surface area contributed by atoms with Crippen molar-refractivity contribution in [2.45, 2.75) is 39.2 Å². The summed E-state index contributed by atoms with van der Waals surface area (Å²) in [5, 5.41) is 11.7. The third-order valence-corrected chi connectivity index (χ3v) is 4.28. The van der Waals surface area contributed by atoms with E-state index in [9.17, 15) is 5.11 Å². The summed E-state index contributed by atoms with van der Waals surface area (Å²) in [4.78, 5) is 1.34. The van der Waals surface area contributed by atoms with E-state index in [2.05, 4.69) is 11.4 Å². The maximum atomic E-state index is 9.34. The number of halogens is 1. The van der Waals surface area contributed by atoms with Gasteiger partial charge in [0.1, 0.15) is 17.2 Å². The summed E-state index contributed by atoms with van der Waals surface area (Å²) in [6.45, 7) is 4.70. The zero-order valence-electron chi connectivity index (χ0n) is 12.8. The number of aryl methyl sites for hydroxylation is 1. The van der Waals surface area contributed by atoms with Gasteiger partial charge in [0.2, 0.25) is 0 Å². The van der Waals surface area contributed by atoms with Crippen molar-refractivity contribution >= 4 is 22.9 Å². The fourth-order valence-corrected chi connectivity index (χ4v) is 3.00. The Bertz CT molecular complexity index is 595. The number of thiophene rings is 1. The normalized spacial score (nSPS) is 10.9. The second-order valence-corrected chi connectivity index (χ2v) is 6.74. The Morgan fingerprint density at radius 1 is 1.18 bits per heavy atom. The van der Waals surface area contributed by atoms with Gasteiger partial charge in [-0.05, 0) is 51.3 Å². The Kier molecular flexibility index (Phi) is 6.40. The number of unbranched alkanes of at least 4 members (excludes halogenated alkanes) is 1. The molecule has 120 valence electrons. The Morgan fingerprint density at radius 2 is 2.00 bits per heavy atom. The number of phenols is 1. The highest BCUT2D eigenvalue weighted by Gasteiger charge is 2.04. The molecule has 3 nitrogen and oxygen atoms in total. The molecule has 0 saturated carbocycles. The van der Waals surface area contributed by atoms with Crippen LogP contribution < -0.4 is 9.47 Å². The number of hydrogen-bond acceptors (Lipinski definition) is 4. The highest BCUT2D eigenvalue weighted by molar-refractivity contribution is 7.10. The molecule has 1 aromatic carbocycles. The van der Waals surface area contributed by atoms with Crippen molar-refractivity contribution in [1.82, 2.24) is 0 Å². The highest BCUT2D eigenvalue weighted by atomic mass is 35.5. The van der Waals surface area contributed by atoms with Gasteiger partial charge in [-0.15, -0.1) is 11.3 Å². The van der Waals surface area contributed by atoms with Crippen molar-refractivity contribution in [2.24, 2.45) is 0 Å². The maximum Gasteiger partial charge on any atom is 0.134 e. The van der Waals surface area contributed by atoms with Gasteiger partial charge in [-0.3, -0.25) is 0 Å². The van der Waals surface area contributed by atoms with Gasteiger partial charge in [0.25, 0.3) is 0 Å². The molecule has 0 aliphatic rings. The van der Waals surface area contributed by atoms with E-state index < -0.39 is 0 Å². The summed E-state index contributed by atoms with van der Waals surface area (Å²) >= 11 is 7.57. The van der Waals surface area contributed by atoms with Crippen LogP contribution in [0.1, 0.15) is 31.6 Å². The summed E-state index contributed by atoms with van der Waals surface area (Å²) in [6, 6.07) is 7.01. The van der Waals surface area contributed by atoms with Gasteiger partial charge < -0.3 is 14.6 Å². The van der Waals surface area contributed by atoms with Gasteiger partial charge in [0.05, 0.1) is 17.7 Å². The number of rotatable bonds is 8. The van der Waals surface area contributed by atoms with Crippen LogP contribution in [-0.2, 0) is 6.42 Å². The van der Waals surface area contributed by atoms with Crippen LogP contribution in [0.2, 0.25) is 5.02 Å². The Morgan fingerprint density at radius 3 is 2.73 bits per heavy atom. The molecule has 22 heavy (non-hydrogen) atoms. The molecule has 0 bridgehead atoms. The van der Waals surface area contributed by atoms with E-state index in [1.807, 2.05) is 13.8 Å².